The van der Waals surface area contributed by atoms with Crippen LogP contribution in [0.5, 0.6) is 0 Å². The zero-order valence-corrected chi connectivity index (χ0v) is 11.6. The van der Waals surface area contributed by atoms with Crippen LogP contribution in [0.25, 0.3) is 0 Å². The van der Waals surface area contributed by atoms with Gasteiger partial charge in [-0.2, -0.15) is 10.2 Å². The summed E-state index contributed by atoms with van der Waals surface area (Å²) in [5.74, 6) is 0.373. The Labute approximate surface area is 120 Å². The van der Waals surface area contributed by atoms with Crippen LogP contribution in [0.2, 0.25) is 0 Å². The first kappa shape index (κ1) is 13.5. The van der Waals surface area contributed by atoms with E-state index in [1.807, 2.05) is 0 Å². The van der Waals surface area contributed by atoms with Gasteiger partial charge in [-0.05, 0) is 19.8 Å². The Balaban J connectivity index is 1.69. The Morgan fingerprint density at radius 3 is 3.24 bits per heavy atom. The van der Waals surface area contributed by atoms with Gasteiger partial charge in [0.05, 0.1) is 0 Å². The molecule has 2 aromatic rings. The molecule has 2 aromatic heterocycles. The van der Waals surface area contributed by atoms with Gasteiger partial charge >= 0.3 is 5.97 Å². The number of nitrogens with zero attached hydrogens (tertiary/aromatic N) is 4. The number of aromatic nitrogens is 5. The Morgan fingerprint density at radius 2 is 2.43 bits per heavy atom. The first-order valence-corrected chi connectivity index (χ1v) is 6.75. The smallest absolute Gasteiger partial charge is 0.331 e. The molecule has 0 spiro atoms. The molecule has 8 nitrogen and oxygen atoms in total. The normalized spacial score (nSPS) is 17.3. The van der Waals surface area contributed by atoms with Gasteiger partial charge in [-0.25, -0.2) is 14.5 Å². The largest absolute Gasteiger partial charge is 0.457 e. The summed E-state index contributed by atoms with van der Waals surface area (Å²) < 4.78 is 6.80. The fraction of sp³-hybridized carbons (Fsp3) is 0.462. The molecule has 0 bridgehead atoms. The molecule has 0 saturated carbocycles. The summed E-state index contributed by atoms with van der Waals surface area (Å²) in [4.78, 5) is 28.0. The number of hydrogen-bond donors (Lipinski definition) is 1. The summed E-state index contributed by atoms with van der Waals surface area (Å²) in [6.45, 7) is 1.59. The van der Waals surface area contributed by atoms with E-state index in [9.17, 15) is 9.59 Å². The average molecular weight is 289 g/mol. The summed E-state index contributed by atoms with van der Waals surface area (Å²) in [6.07, 6.45) is 3.77. The van der Waals surface area contributed by atoms with Crippen molar-refractivity contribution in [2.45, 2.75) is 38.8 Å². The minimum Gasteiger partial charge on any atom is -0.457 e. The molecule has 21 heavy (non-hydrogen) atoms. The van der Waals surface area contributed by atoms with Gasteiger partial charge < -0.3 is 4.74 Å². The molecule has 1 unspecified atom stereocenters. The Bertz CT molecular complexity index is 721. The molecular formula is C13H15N5O3. The topological polar surface area (TPSA) is 103 Å². The monoisotopic (exact) mass is 289 g/mol. The van der Waals surface area contributed by atoms with E-state index in [-0.39, 0.29) is 17.7 Å². The molecule has 0 saturated heterocycles. The van der Waals surface area contributed by atoms with Crippen molar-refractivity contribution in [3.63, 3.8) is 0 Å². The zero-order chi connectivity index (χ0) is 14.8. The standard InChI is InChI=1S/C13H15N5O3/c1-8-5-11(19)9(17-16-8)6-21-13(20)10-3-2-4-12-14-7-15-18(10)12/h5,7,10H,2-4,6H2,1H3,(H,16,19). The average Bonchev–Trinajstić information content (AvgIpc) is 2.94. The summed E-state index contributed by atoms with van der Waals surface area (Å²) in [6, 6.07) is 0.951. The number of carbonyl (C=O) groups is 1. The molecule has 1 N–H and O–H groups in total. The molecule has 1 aliphatic rings. The van der Waals surface area contributed by atoms with Crippen LogP contribution in [0.1, 0.15) is 36.1 Å². The minimum absolute atomic E-state index is 0.144. The van der Waals surface area contributed by atoms with Gasteiger partial charge in [-0.15, -0.1) is 0 Å². The van der Waals surface area contributed by atoms with Crippen LogP contribution >= 0.6 is 0 Å². The van der Waals surface area contributed by atoms with Crippen molar-refractivity contribution in [2.24, 2.45) is 0 Å². The molecule has 3 heterocycles. The quantitative estimate of drug-likeness (QED) is 0.815. The highest BCUT2D eigenvalue weighted by molar-refractivity contribution is 5.74. The lowest BCUT2D eigenvalue weighted by atomic mass is 10.1. The minimum atomic E-state index is -0.472. The number of rotatable bonds is 3. The number of carbonyl (C=O) groups excluding carboxylic acids is 1. The first-order chi connectivity index (χ1) is 10.1. The van der Waals surface area contributed by atoms with Crippen LogP contribution in [-0.2, 0) is 22.6 Å². The van der Waals surface area contributed by atoms with Gasteiger partial charge in [0, 0.05) is 18.2 Å². The second-order valence-corrected chi connectivity index (χ2v) is 5.00. The Kier molecular flexibility index (Phi) is 3.51. The number of fused-ring (bicyclic) bond motifs is 1. The van der Waals surface area contributed by atoms with Crippen molar-refractivity contribution >= 4 is 5.97 Å². The van der Waals surface area contributed by atoms with Gasteiger partial charge in [-0.3, -0.25) is 9.89 Å². The van der Waals surface area contributed by atoms with E-state index in [0.29, 0.717) is 12.1 Å². The van der Waals surface area contributed by atoms with Crippen LogP contribution in [0.4, 0.5) is 0 Å². The third-order valence-electron chi connectivity index (χ3n) is 3.44. The number of aryl methyl sites for hydroxylation is 2. The maximum atomic E-state index is 12.2. The molecule has 0 aromatic carbocycles. The van der Waals surface area contributed by atoms with Crippen LogP contribution < -0.4 is 5.43 Å². The van der Waals surface area contributed by atoms with Crippen LogP contribution in [0.3, 0.4) is 0 Å². The fourth-order valence-corrected chi connectivity index (χ4v) is 2.37. The van der Waals surface area contributed by atoms with Crippen LogP contribution in [-0.4, -0.2) is 30.9 Å². The van der Waals surface area contributed by atoms with Gasteiger partial charge in [0.2, 0.25) is 5.43 Å². The lowest BCUT2D eigenvalue weighted by Crippen LogP contribution is -2.28. The predicted octanol–water partition coefficient (Wildman–Crippen LogP) is 0.291. The van der Waals surface area contributed by atoms with Gasteiger partial charge in [0.25, 0.3) is 0 Å². The van der Waals surface area contributed by atoms with Crippen molar-refractivity contribution < 1.29 is 9.53 Å². The number of H-pyrrole nitrogens is 1. The van der Waals surface area contributed by atoms with Gasteiger partial charge in [0.15, 0.2) is 6.04 Å². The predicted molar refractivity (Wildman–Crippen MR) is 71.4 cm³/mol. The van der Waals surface area contributed by atoms with Crippen LogP contribution in [0.15, 0.2) is 17.2 Å². The van der Waals surface area contributed by atoms with Crippen molar-refractivity contribution in [2.75, 3.05) is 0 Å². The number of nitrogens with one attached hydrogen (secondary N) is 1. The zero-order valence-electron chi connectivity index (χ0n) is 11.6. The Morgan fingerprint density at radius 1 is 1.57 bits per heavy atom. The van der Waals surface area contributed by atoms with Crippen molar-refractivity contribution in [3.05, 3.63) is 39.8 Å². The van der Waals surface area contributed by atoms with E-state index in [1.165, 1.54) is 12.4 Å². The van der Waals surface area contributed by atoms with E-state index < -0.39 is 12.0 Å². The third kappa shape index (κ3) is 2.69. The molecule has 1 atom stereocenters. The SMILES string of the molecule is Cc1cc(=O)c(COC(=O)C2CCCc3ncnn32)n[nH]1. The molecule has 0 amide bonds. The number of esters is 1. The first-order valence-electron chi connectivity index (χ1n) is 6.75. The summed E-state index contributed by atoms with van der Waals surface area (Å²) in [5.41, 5.74) is 0.599. The molecule has 8 heteroatoms. The molecule has 0 fully saturated rings. The summed E-state index contributed by atoms with van der Waals surface area (Å²) in [5, 5.41) is 10.6. The maximum absolute atomic E-state index is 12.2. The molecule has 0 radical (unpaired) electrons. The lowest BCUT2D eigenvalue weighted by Gasteiger charge is -2.21. The summed E-state index contributed by atoms with van der Waals surface area (Å²) >= 11 is 0. The Hall–Kier alpha value is -2.51. The molecule has 3 rings (SSSR count). The van der Waals surface area contributed by atoms with Crippen molar-refractivity contribution in [3.8, 4) is 0 Å². The molecule has 0 aliphatic carbocycles. The van der Waals surface area contributed by atoms with E-state index in [2.05, 4.69) is 20.3 Å². The second kappa shape index (κ2) is 5.47. The van der Waals surface area contributed by atoms with Gasteiger partial charge in [-0.1, -0.05) is 0 Å². The highest BCUT2D eigenvalue weighted by Crippen LogP contribution is 2.23. The maximum Gasteiger partial charge on any atom is 0.331 e. The van der Waals surface area contributed by atoms with Crippen LogP contribution in [0, 0.1) is 6.92 Å². The van der Waals surface area contributed by atoms with E-state index in [0.717, 1.165) is 18.7 Å². The number of ether oxygens (including phenoxy) is 1. The number of hydrogen-bond acceptors (Lipinski definition) is 6. The van der Waals surface area contributed by atoms with Crippen molar-refractivity contribution in [1.82, 2.24) is 25.0 Å². The van der Waals surface area contributed by atoms with E-state index in [1.54, 1.807) is 11.6 Å². The van der Waals surface area contributed by atoms with Crippen molar-refractivity contribution in [1.29, 1.82) is 0 Å². The lowest BCUT2D eigenvalue weighted by molar-refractivity contribution is -0.150. The fourth-order valence-electron chi connectivity index (χ4n) is 2.37. The third-order valence-corrected chi connectivity index (χ3v) is 3.44. The van der Waals surface area contributed by atoms with Gasteiger partial charge in [0.1, 0.15) is 24.5 Å². The number of aromatic amines is 1. The summed E-state index contributed by atoms with van der Waals surface area (Å²) in [7, 11) is 0. The highest BCUT2D eigenvalue weighted by Gasteiger charge is 2.28. The second-order valence-electron chi connectivity index (χ2n) is 5.00. The molecule has 1 aliphatic heterocycles. The highest BCUT2D eigenvalue weighted by atomic mass is 16.5. The molecular weight excluding hydrogens is 274 g/mol. The van der Waals surface area contributed by atoms with E-state index in [4.69, 9.17) is 4.74 Å². The molecule has 110 valence electrons. The van der Waals surface area contributed by atoms with E-state index >= 15 is 0 Å².